The largest absolute Gasteiger partial charge is 0.386 e. The number of rotatable bonds is 8. The highest BCUT2D eigenvalue weighted by atomic mass is 127. The fraction of sp³-hybridized carbons (Fsp3) is 0.500. The molecule has 0 aliphatic rings. The van der Waals surface area contributed by atoms with Crippen LogP contribution in [0.5, 0.6) is 0 Å². The number of aliphatic hydroxyl groups is 1. The third-order valence-corrected chi connectivity index (χ3v) is 4.67. The summed E-state index contributed by atoms with van der Waals surface area (Å²) in [7, 11) is 1.72. The van der Waals surface area contributed by atoms with Crippen molar-refractivity contribution in [1.82, 2.24) is 10.6 Å². The predicted octanol–water partition coefficient (Wildman–Crippen LogP) is 3.39. The highest BCUT2D eigenvalue weighted by Gasteiger charge is 2.12. The average Bonchev–Trinajstić information content (AvgIpc) is 3.01. The van der Waals surface area contributed by atoms with E-state index in [1.807, 2.05) is 18.2 Å². The third kappa shape index (κ3) is 7.47. The molecule has 1 aromatic heterocycles. The third-order valence-electron chi connectivity index (χ3n) is 3.45. The van der Waals surface area contributed by atoms with Crippen molar-refractivity contribution in [2.45, 2.75) is 20.0 Å². The number of hydrogen-bond donors (Lipinski definition) is 3. The molecule has 3 N–H and O–H groups in total. The van der Waals surface area contributed by atoms with E-state index in [1.165, 1.54) is 10.1 Å². The molecule has 0 amide bonds. The monoisotopic (exact) mass is 477 g/mol. The second-order valence-electron chi connectivity index (χ2n) is 6.05. The van der Waals surface area contributed by atoms with Crippen LogP contribution in [0.15, 0.2) is 35.3 Å². The molecule has 0 saturated carbocycles. The lowest BCUT2D eigenvalue weighted by molar-refractivity contribution is 0.114. The molecule has 1 unspecified atom stereocenters. The number of fused-ring (bicyclic) bond motifs is 1. The molecule has 5 nitrogen and oxygen atoms in total. The van der Waals surface area contributed by atoms with Gasteiger partial charge in [-0.25, -0.2) is 0 Å². The summed E-state index contributed by atoms with van der Waals surface area (Å²) in [4.78, 5) is 5.12. The van der Waals surface area contributed by atoms with Gasteiger partial charge in [0.25, 0.3) is 0 Å². The van der Waals surface area contributed by atoms with Crippen LogP contribution in [0.4, 0.5) is 0 Å². The molecule has 1 heterocycles. The van der Waals surface area contributed by atoms with Gasteiger partial charge < -0.3 is 20.5 Å². The van der Waals surface area contributed by atoms with Crippen LogP contribution in [-0.4, -0.2) is 44.4 Å². The van der Waals surface area contributed by atoms with Crippen molar-refractivity contribution in [1.29, 1.82) is 0 Å². The van der Waals surface area contributed by atoms with Gasteiger partial charge in [-0.1, -0.05) is 32.0 Å². The normalized spacial score (nSPS) is 12.9. The topological polar surface area (TPSA) is 65.9 Å². The SMILES string of the molecule is CN=C(NCCOCC(C)C)NCC(O)c1cc2ccccc2s1.I. The molecule has 0 saturated heterocycles. The molecule has 1 aromatic carbocycles. The molecule has 0 radical (unpaired) electrons. The molecular weight excluding hydrogens is 449 g/mol. The van der Waals surface area contributed by atoms with Crippen LogP contribution in [-0.2, 0) is 4.74 Å². The number of ether oxygens (including phenoxy) is 1. The summed E-state index contributed by atoms with van der Waals surface area (Å²) in [6.45, 7) is 6.76. The van der Waals surface area contributed by atoms with Crippen LogP contribution < -0.4 is 10.6 Å². The number of aliphatic imine (C=N–C) groups is 1. The highest BCUT2D eigenvalue weighted by molar-refractivity contribution is 14.0. The number of nitrogens with zero attached hydrogens (tertiary/aromatic N) is 1. The first-order chi connectivity index (χ1) is 11.6. The summed E-state index contributed by atoms with van der Waals surface area (Å²) in [5.74, 6) is 1.21. The molecule has 2 rings (SSSR count). The maximum Gasteiger partial charge on any atom is 0.191 e. The van der Waals surface area contributed by atoms with E-state index in [0.717, 1.165) is 11.5 Å². The molecule has 0 bridgehead atoms. The zero-order valence-corrected chi connectivity index (χ0v) is 18.1. The van der Waals surface area contributed by atoms with E-state index in [1.54, 1.807) is 18.4 Å². The zero-order valence-electron chi connectivity index (χ0n) is 15.0. The smallest absolute Gasteiger partial charge is 0.191 e. The lowest BCUT2D eigenvalue weighted by Gasteiger charge is -2.15. The molecule has 1 atom stereocenters. The minimum absolute atomic E-state index is 0. The van der Waals surface area contributed by atoms with Gasteiger partial charge in [0.1, 0.15) is 6.10 Å². The summed E-state index contributed by atoms with van der Waals surface area (Å²) in [6.07, 6.45) is -0.557. The van der Waals surface area contributed by atoms with Gasteiger partial charge in [-0.15, -0.1) is 35.3 Å². The van der Waals surface area contributed by atoms with Crippen molar-refractivity contribution >= 4 is 51.4 Å². The van der Waals surface area contributed by atoms with Crippen LogP contribution in [0.3, 0.4) is 0 Å². The maximum atomic E-state index is 10.4. The molecule has 0 fully saturated rings. The van der Waals surface area contributed by atoms with E-state index in [0.29, 0.717) is 31.6 Å². The first kappa shape index (κ1) is 22.1. The van der Waals surface area contributed by atoms with Crippen molar-refractivity contribution in [3.8, 4) is 0 Å². The van der Waals surface area contributed by atoms with Crippen molar-refractivity contribution < 1.29 is 9.84 Å². The average molecular weight is 477 g/mol. The second kappa shape index (κ2) is 11.7. The molecule has 25 heavy (non-hydrogen) atoms. The van der Waals surface area contributed by atoms with Crippen molar-refractivity contribution in [2.75, 3.05) is 33.4 Å². The van der Waals surface area contributed by atoms with Crippen LogP contribution >= 0.6 is 35.3 Å². The Balaban J connectivity index is 0.00000312. The van der Waals surface area contributed by atoms with Gasteiger partial charge in [-0.2, -0.15) is 0 Å². The zero-order chi connectivity index (χ0) is 17.4. The minimum Gasteiger partial charge on any atom is -0.386 e. The van der Waals surface area contributed by atoms with Gasteiger partial charge in [0, 0.05) is 36.3 Å². The van der Waals surface area contributed by atoms with Gasteiger partial charge in [-0.05, 0) is 23.4 Å². The molecular formula is C18H28IN3O2S. The molecule has 2 aromatic rings. The van der Waals surface area contributed by atoms with Crippen LogP contribution in [0, 0.1) is 5.92 Å². The van der Waals surface area contributed by atoms with Crippen LogP contribution in [0.1, 0.15) is 24.8 Å². The Kier molecular flexibility index (Phi) is 10.3. The summed E-state index contributed by atoms with van der Waals surface area (Å²) >= 11 is 1.62. The second-order valence-corrected chi connectivity index (χ2v) is 7.17. The Labute approximate surface area is 170 Å². The van der Waals surface area contributed by atoms with E-state index < -0.39 is 6.10 Å². The number of thiophene rings is 1. The molecule has 7 heteroatoms. The summed E-state index contributed by atoms with van der Waals surface area (Å²) in [5.41, 5.74) is 0. The summed E-state index contributed by atoms with van der Waals surface area (Å²) in [5, 5.41) is 17.9. The number of halogens is 1. The van der Waals surface area contributed by atoms with Crippen molar-refractivity contribution in [2.24, 2.45) is 10.9 Å². The molecule has 0 aliphatic heterocycles. The number of nitrogens with one attached hydrogen (secondary N) is 2. The van der Waals surface area contributed by atoms with Gasteiger partial charge in [0.15, 0.2) is 5.96 Å². The Morgan fingerprint density at radius 2 is 2.04 bits per heavy atom. The fourth-order valence-corrected chi connectivity index (χ4v) is 3.29. The Hall–Kier alpha value is -0.900. The molecule has 0 spiro atoms. The first-order valence-electron chi connectivity index (χ1n) is 8.29. The Morgan fingerprint density at radius 3 is 2.72 bits per heavy atom. The number of aliphatic hydroxyl groups excluding tert-OH is 1. The Morgan fingerprint density at radius 1 is 1.28 bits per heavy atom. The number of guanidine groups is 1. The standard InChI is InChI=1S/C18H27N3O2S.HI/c1-13(2)12-23-9-8-20-18(19-3)21-11-15(22)17-10-14-6-4-5-7-16(14)24-17;/h4-7,10,13,15,22H,8-9,11-12H2,1-3H3,(H2,19,20,21);1H. The molecule has 140 valence electrons. The maximum absolute atomic E-state index is 10.4. The quantitative estimate of drug-likeness (QED) is 0.236. The van der Waals surface area contributed by atoms with E-state index in [-0.39, 0.29) is 24.0 Å². The van der Waals surface area contributed by atoms with Gasteiger partial charge in [0.2, 0.25) is 0 Å². The lowest BCUT2D eigenvalue weighted by Crippen LogP contribution is -2.40. The lowest BCUT2D eigenvalue weighted by atomic mass is 10.2. The van der Waals surface area contributed by atoms with Gasteiger partial charge in [-0.3, -0.25) is 4.99 Å². The Bertz CT molecular complexity index is 628. The van der Waals surface area contributed by atoms with Crippen molar-refractivity contribution in [3.63, 3.8) is 0 Å². The minimum atomic E-state index is -0.557. The predicted molar refractivity (Wildman–Crippen MR) is 117 cm³/mol. The highest BCUT2D eigenvalue weighted by Crippen LogP contribution is 2.29. The summed E-state index contributed by atoms with van der Waals surface area (Å²) < 4.78 is 6.72. The van der Waals surface area contributed by atoms with E-state index in [2.05, 4.69) is 41.6 Å². The first-order valence-corrected chi connectivity index (χ1v) is 9.10. The summed E-state index contributed by atoms with van der Waals surface area (Å²) in [6, 6.07) is 10.2. The van der Waals surface area contributed by atoms with E-state index >= 15 is 0 Å². The number of benzene rings is 1. The molecule has 0 aliphatic carbocycles. The van der Waals surface area contributed by atoms with Gasteiger partial charge in [0.05, 0.1) is 6.61 Å². The van der Waals surface area contributed by atoms with Crippen LogP contribution in [0.2, 0.25) is 0 Å². The van der Waals surface area contributed by atoms with Gasteiger partial charge >= 0.3 is 0 Å². The van der Waals surface area contributed by atoms with E-state index in [4.69, 9.17) is 4.74 Å². The van der Waals surface area contributed by atoms with Crippen LogP contribution in [0.25, 0.3) is 10.1 Å². The van der Waals surface area contributed by atoms with Crippen molar-refractivity contribution in [3.05, 3.63) is 35.2 Å². The van der Waals surface area contributed by atoms with E-state index in [9.17, 15) is 5.11 Å². The fourth-order valence-electron chi connectivity index (χ4n) is 2.24. The number of hydrogen-bond acceptors (Lipinski definition) is 4.